The summed E-state index contributed by atoms with van der Waals surface area (Å²) in [6, 6.07) is 16.4. The van der Waals surface area contributed by atoms with Gasteiger partial charge >= 0.3 is 0 Å². The van der Waals surface area contributed by atoms with E-state index in [1.165, 1.54) is 23.1 Å². The number of carbonyl (C=O) groups excluding carboxylic acids is 3. The Morgan fingerprint density at radius 2 is 1.92 bits per heavy atom. The number of hydrogen-bond donors (Lipinski definition) is 0. The number of nitro benzene ring substituents is 1. The Labute approximate surface area is 220 Å². The van der Waals surface area contributed by atoms with Crippen LogP contribution in [0, 0.1) is 10.1 Å². The Hall–Kier alpha value is -4.83. The van der Waals surface area contributed by atoms with Crippen LogP contribution in [0.3, 0.4) is 0 Å². The number of fused-ring (bicyclic) bond motifs is 1. The molecule has 1 saturated heterocycles. The average Bonchev–Trinajstić information content (AvgIpc) is 3.47. The third-order valence-electron chi connectivity index (χ3n) is 6.14. The number of nitrogens with zero attached hydrogens (tertiary/aromatic N) is 4. The maximum absolute atomic E-state index is 13.4. The molecule has 1 aromatic heterocycles. The molecule has 11 heteroatoms. The second kappa shape index (κ2) is 9.91. The minimum atomic E-state index is -1.11. The number of halogens is 1. The number of carbonyl (C=O) groups is 3. The molecule has 1 aliphatic rings. The smallest absolute Gasteiger partial charge is 0.288 e. The summed E-state index contributed by atoms with van der Waals surface area (Å²) in [6.07, 6.45) is 1.17. The predicted octanol–water partition coefficient (Wildman–Crippen LogP) is 5.02. The van der Waals surface area contributed by atoms with Gasteiger partial charge in [-0.3, -0.25) is 24.5 Å². The van der Waals surface area contributed by atoms with E-state index in [-0.39, 0.29) is 23.6 Å². The molecule has 0 saturated carbocycles. The number of anilines is 1. The van der Waals surface area contributed by atoms with Crippen LogP contribution in [0.5, 0.6) is 0 Å². The number of hydrogen-bond acceptors (Lipinski definition) is 7. The van der Waals surface area contributed by atoms with Crippen LogP contribution in [0.2, 0.25) is 5.02 Å². The fraction of sp³-hybridized carbons (Fsp3) is 0.111. The van der Waals surface area contributed by atoms with Crippen molar-refractivity contribution in [1.82, 2.24) is 9.88 Å². The van der Waals surface area contributed by atoms with E-state index in [0.29, 0.717) is 28.2 Å². The summed E-state index contributed by atoms with van der Waals surface area (Å²) in [5.74, 6) is -1.35. The lowest BCUT2D eigenvalue weighted by atomic mass is 10.1. The molecule has 0 radical (unpaired) electrons. The van der Waals surface area contributed by atoms with Gasteiger partial charge in [0.2, 0.25) is 11.8 Å². The van der Waals surface area contributed by atoms with Crippen molar-refractivity contribution in [2.24, 2.45) is 0 Å². The Kier molecular flexibility index (Phi) is 6.48. The molecular weight excluding hydrogens is 512 g/mol. The van der Waals surface area contributed by atoms with Crippen LogP contribution >= 0.6 is 11.6 Å². The zero-order valence-corrected chi connectivity index (χ0v) is 20.5. The van der Waals surface area contributed by atoms with Gasteiger partial charge in [-0.2, -0.15) is 0 Å². The van der Waals surface area contributed by atoms with Gasteiger partial charge in [0.1, 0.15) is 16.6 Å². The van der Waals surface area contributed by atoms with Crippen LogP contribution in [0.15, 0.2) is 83.8 Å². The van der Waals surface area contributed by atoms with Crippen LogP contribution in [-0.4, -0.2) is 45.1 Å². The highest BCUT2D eigenvalue weighted by Crippen LogP contribution is 2.31. The topological polar surface area (TPSA) is 127 Å². The zero-order chi connectivity index (χ0) is 27.0. The first-order chi connectivity index (χ1) is 18.3. The van der Waals surface area contributed by atoms with Gasteiger partial charge in [0.15, 0.2) is 5.58 Å². The highest BCUT2D eigenvalue weighted by atomic mass is 35.5. The molecule has 0 bridgehead atoms. The minimum Gasteiger partial charge on any atom is -0.436 e. The number of amides is 3. The maximum Gasteiger partial charge on any atom is 0.288 e. The molecule has 1 unspecified atom stereocenters. The van der Waals surface area contributed by atoms with E-state index in [0.717, 1.165) is 11.0 Å². The fourth-order valence-corrected chi connectivity index (χ4v) is 4.51. The van der Waals surface area contributed by atoms with Gasteiger partial charge in [-0.1, -0.05) is 29.8 Å². The molecule has 1 atom stereocenters. The monoisotopic (exact) mass is 530 g/mol. The first-order valence-electron chi connectivity index (χ1n) is 11.5. The highest BCUT2D eigenvalue weighted by molar-refractivity contribution is 6.32. The van der Waals surface area contributed by atoms with E-state index in [4.69, 9.17) is 16.0 Å². The number of rotatable bonds is 7. The molecule has 5 rings (SSSR count). The van der Waals surface area contributed by atoms with E-state index in [1.54, 1.807) is 30.3 Å². The number of aromatic nitrogens is 1. The largest absolute Gasteiger partial charge is 0.436 e. The zero-order valence-electron chi connectivity index (χ0n) is 19.7. The molecule has 190 valence electrons. The number of oxazole rings is 1. The summed E-state index contributed by atoms with van der Waals surface area (Å²) in [7, 11) is 0. The quantitative estimate of drug-likeness (QED) is 0.142. The lowest BCUT2D eigenvalue weighted by Gasteiger charge is -2.26. The Morgan fingerprint density at radius 3 is 2.61 bits per heavy atom. The molecule has 38 heavy (non-hydrogen) atoms. The summed E-state index contributed by atoms with van der Waals surface area (Å²) in [5, 5.41) is 11.1. The van der Waals surface area contributed by atoms with Gasteiger partial charge in [-0.05, 0) is 48.5 Å². The van der Waals surface area contributed by atoms with Crippen LogP contribution in [0.1, 0.15) is 16.8 Å². The molecule has 2 heterocycles. The number of para-hydroxylation sites is 2. The number of imide groups is 1. The molecular formula is C27H19ClN4O6. The Balaban J connectivity index is 1.40. The van der Waals surface area contributed by atoms with Crippen LogP contribution in [-0.2, 0) is 9.59 Å². The molecule has 1 aliphatic heterocycles. The molecule has 1 fully saturated rings. The predicted molar refractivity (Wildman–Crippen MR) is 140 cm³/mol. The summed E-state index contributed by atoms with van der Waals surface area (Å²) in [4.78, 5) is 56.8. The van der Waals surface area contributed by atoms with Crippen molar-refractivity contribution in [3.8, 4) is 11.5 Å². The fourth-order valence-electron chi connectivity index (χ4n) is 4.32. The molecule has 4 aromatic rings. The second-order valence-corrected chi connectivity index (χ2v) is 8.90. The van der Waals surface area contributed by atoms with Crippen LogP contribution in [0.4, 0.5) is 11.4 Å². The van der Waals surface area contributed by atoms with Crippen molar-refractivity contribution in [3.05, 3.63) is 100 Å². The van der Waals surface area contributed by atoms with Gasteiger partial charge in [0, 0.05) is 23.7 Å². The molecule has 10 nitrogen and oxygen atoms in total. The highest BCUT2D eigenvalue weighted by Gasteiger charge is 2.44. The van der Waals surface area contributed by atoms with Crippen molar-refractivity contribution >= 4 is 51.8 Å². The van der Waals surface area contributed by atoms with Crippen molar-refractivity contribution in [2.45, 2.75) is 12.5 Å². The van der Waals surface area contributed by atoms with E-state index in [9.17, 15) is 24.5 Å². The molecule has 3 aromatic carbocycles. The van der Waals surface area contributed by atoms with Gasteiger partial charge in [0.05, 0.1) is 17.0 Å². The standard InChI is InChI=1S/C27H19ClN4O6/c1-2-13-30(26(34)17-9-12-19(28)21(14-17)32(36)37)22-15-24(33)31(27(22)35)18-10-7-16(8-11-18)25-29-20-5-3-4-6-23(20)38-25/h2-12,14,22H,1,13,15H2. The van der Waals surface area contributed by atoms with Crippen LogP contribution < -0.4 is 4.90 Å². The Morgan fingerprint density at radius 1 is 1.18 bits per heavy atom. The minimum absolute atomic E-state index is 0.0377. The first kappa shape index (κ1) is 24.8. The van der Waals surface area contributed by atoms with E-state index < -0.39 is 34.4 Å². The average molecular weight is 531 g/mol. The van der Waals surface area contributed by atoms with Crippen molar-refractivity contribution < 1.29 is 23.7 Å². The Bertz CT molecular complexity index is 1580. The van der Waals surface area contributed by atoms with Crippen LogP contribution in [0.25, 0.3) is 22.6 Å². The molecule has 3 amide bonds. The van der Waals surface area contributed by atoms with E-state index >= 15 is 0 Å². The number of benzene rings is 3. The molecule has 0 N–H and O–H groups in total. The van der Waals surface area contributed by atoms with Crippen molar-refractivity contribution in [2.75, 3.05) is 11.4 Å². The third kappa shape index (κ3) is 4.41. The van der Waals surface area contributed by atoms with Gasteiger partial charge < -0.3 is 9.32 Å². The van der Waals surface area contributed by atoms with Gasteiger partial charge in [0.25, 0.3) is 17.5 Å². The maximum atomic E-state index is 13.4. The van der Waals surface area contributed by atoms with Crippen molar-refractivity contribution in [1.29, 1.82) is 0 Å². The first-order valence-corrected chi connectivity index (χ1v) is 11.8. The molecule has 0 spiro atoms. The van der Waals surface area contributed by atoms with Gasteiger partial charge in [-0.25, -0.2) is 9.88 Å². The summed E-state index contributed by atoms with van der Waals surface area (Å²) < 4.78 is 5.77. The SMILES string of the molecule is C=CCN(C(=O)c1ccc(Cl)c([N+](=O)[O-])c1)C1CC(=O)N(c2ccc(-c3nc4ccccc4o3)cc2)C1=O. The lowest BCUT2D eigenvalue weighted by Crippen LogP contribution is -2.45. The second-order valence-electron chi connectivity index (χ2n) is 8.49. The lowest BCUT2D eigenvalue weighted by molar-refractivity contribution is -0.384. The normalized spacial score (nSPS) is 15.2. The molecule has 0 aliphatic carbocycles. The summed E-state index contributed by atoms with van der Waals surface area (Å²) >= 11 is 5.87. The third-order valence-corrected chi connectivity index (χ3v) is 6.46. The summed E-state index contributed by atoms with van der Waals surface area (Å²) in [5.41, 5.74) is 1.86. The number of nitro groups is 1. The van der Waals surface area contributed by atoms with E-state index in [1.807, 2.05) is 18.2 Å². The van der Waals surface area contributed by atoms with E-state index in [2.05, 4.69) is 11.6 Å². The summed E-state index contributed by atoms with van der Waals surface area (Å²) in [6.45, 7) is 3.58. The van der Waals surface area contributed by atoms with Crippen molar-refractivity contribution in [3.63, 3.8) is 0 Å². The van der Waals surface area contributed by atoms with Gasteiger partial charge in [-0.15, -0.1) is 6.58 Å².